The first-order chi connectivity index (χ1) is 16.8. The quantitative estimate of drug-likeness (QED) is 0.719. The van der Waals surface area contributed by atoms with Gasteiger partial charge in [-0.1, -0.05) is 45.0 Å². The van der Waals surface area contributed by atoms with E-state index < -0.39 is 85.0 Å². The largest absolute Gasteiger partial charge is 0.488 e. The minimum Gasteiger partial charge on any atom is -0.488 e. The van der Waals surface area contributed by atoms with Crippen molar-refractivity contribution in [3.63, 3.8) is 0 Å². The van der Waals surface area contributed by atoms with Crippen molar-refractivity contribution in [3.05, 3.63) is 29.7 Å². The zero-order chi connectivity index (χ0) is 28.6. The number of terminal acetylenes is 1. The van der Waals surface area contributed by atoms with Crippen LogP contribution in [0, 0.1) is 12.3 Å². The Morgan fingerprint density at radius 1 is 1.29 bits per heavy atom. The second-order valence-electron chi connectivity index (χ2n) is 5.20. The molecule has 0 saturated heterocycles. The van der Waals surface area contributed by atoms with Gasteiger partial charge in [0.2, 0.25) is 0 Å². The van der Waals surface area contributed by atoms with E-state index in [0.717, 1.165) is 0 Å². The van der Waals surface area contributed by atoms with Crippen LogP contribution in [0.15, 0.2) is 24.2 Å². The van der Waals surface area contributed by atoms with E-state index in [9.17, 15) is 4.21 Å². The minimum absolute atomic E-state index is 0.289. The van der Waals surface area contributed by atoms with Crippen molar-refractivity contribution in [3.8, 4) is 18.1 Å². The van der Waals surface area contributed by atoms with Crippen LogP contribution < -0.4 is 4.74 Å². The highest BCUT2D eigenvalue weighted by Crippen LogP contribution is 2.29. The van der Waals surface area contributed by atoms with Gasteiger partial charge in [-0.2, -0.15) is 4.21 Å². The van der Waals surface area contributed by atoms with Gasteiger partial charge in [0, 0.05) is 12.3 Å². The van der Waals surface area contributed by atoms with E-state index in [4.69, 9.17) is 37.3 Å². The molecule has 1 aliphatic carbocycles. The molecule has 1 aromatic carbocycles. The van der Waals surface area contributed by atoms with Gasteiger partial charge in [-0.05, 0) is 42.3 Å². The van der Waals surface area contributed by atoms with Crippen molar-refractivity contribution < 1.29 is 35.1 Å². The fraction of sp³-hybridized carbons (Fsp3) is 0.579. The van der Waals surface area contributed by atoms with E-state index in [0.29, 0.717) is 25.7 Å². The summed E-state index contributed by atoms with van der Waals surface area (Å²) in [6.45, 7) is -11.6. The lowest BCUT2D eigenvalue weighted by atomic mass is 9.87. The van der Waals surface area contributed by atoms with E-state index in [-0.39, 0.29) is 6.61 Å². The summed E-state index contributed by atoms with van der Waals surface area (Å²) >= 11 is -2.24. The Hall–Kier alpha value is -1.35. The molecule has 0 heterocycles. The molecule has 0 bridgehead atoms. The number of hydrogen-bond donors (Lipinski definition) is 0. The molecule has 0 aromatic heterocycles. The number of ether oxygens (including phenoxy) is 1. The van der Waals surface area contributed by atoms with Crippen molar-refractivity contribution >= 4 is 11.4 Å². The lowest BCUT2D eigenvalue weighted by Crippen LogP contribution is -2.37. The Balaban J connectivity index is 2.67. The first-order valence-corrected chi connectivity index (χ1v) is 8.26. The topological polar surface area (TPSA) is 44.8 Å². The average Bonchev–Trinajstić information content (AvgIpc) is 2.75. The second kappa shape index (κ2) is 8.66. The van der Waals surface area contributed by atoms with Crippen LogP contribution in [-0.4, -0.2) is 23.0 Å². The van der Waals surface area contributed by atoms with E-state index in [1.54, 1.807) is 0 Å². The fourth-order valence-corrected chi connectivity index (χ4v) is 2.86. The minimum atomic E-state index is -3.78. The van der Waals surface area contributed by atoms with Crippen molar-refractivity contribution in [1.82, 2.24) is 0 Å². The summed E-state index contributed by atoms with van der Waals surface area (Å²) in [5.74, 6) is 1.46. The average molecular weight is 364 g/mol. The molecule has 5 heteroatoms. The van der Waals surface area contributed by atoms with Crippen LogP contribution in [-0.2, 0) is 25.1 Å². The maximum atomic E-state index is 12.0. The third kappa shape index (κ3) is 5.62. The highest BCUT2D eigenvalue weighted by Gasteiger charge is 2.30. The fourth-order valence-electron chi connectivity index (χ4n) is 2.22. The van der Waals surface area contributed by atoms with Crippen molar-refractivity contribution in [1.29, 1.82) is 0 Å². The summed E-state index contributed by atoms with van der Waals surface area (Å²) in [6.07, 6.45) is 5.17. The molecule has 0 amide bonds. The van der Waals surface area contributed by atoms with Gasteiger partial charge in [0.05, 0.1) is 5.48 Å². The van der Waals surface area contributed by atoms with E-state index >= 15 is 0 Å². The predicted molar refractivity (Wildman–Crippen MR) is 95.8 cm³/mol. The SMILES string of the molecule is [2H]c1c([2H])c(C(C([2H])([2H])[2H])(C([2H])([2H])[2H])C([2H])([2H])[2H])c([2H])c([2H])c1OC1CCCCC1OS(=O)OCC#C. The Bertz CT molecular complexity index is 993. The highest BCUT2D eigenvalue weighted by atomic mass is 32.2. The van der Waals surface area contributed by atoms with Crippen LogP contribution in [0.1, 0.15) is 69.6 Å². The normalized spacial score (nSPS) is 32.0. The lowest BCUT2D eigenvalue weighted by Gasteiger charge is -2.30. The highest BCUT2D eigenvalue weighted by molar-refractivity contribution is 7.75. The van der Waals surface area contributed by atoms with Crippen LogP contribution >= 0.6 is 0 Å². The molecule has 2 rings (SSSR count). The number of benzene rings is 1. The Morgan fingerprint density at radius 2 is 1.96 bits per heavy atom. The van der Waals surface area contributed by atoms with Gasteiger partial charge in [0.25, 0.3) is 0 Å². The Labute approximate surface area is 166 Å². The van der Waals surface area contributed by atoms with Gasteiger partial charge in [-0.3, -0.25) is 8.37 Å². The van der Waals surface area contributed by atoms with Gasteiger partial charge in [-0.15, -0.1) is 6.42 Å². The molecule has 0 aliphatic heterocycles. The predicted octanol–water partition coefficient (Wildman–Crippen LogP) is 3.92. The standard InChI is InChI=1S/C19H26O4S/c1-5-14-21-24(20)23-18-9-7-6-8-17(18)22-16-12-10-15(11-13-16)19(2,3)4/h1,10-13,17-18H,6-9,14H2,2-4H3/i2D3,3D3,4D3,10D,11D,12D,13D. The Kier molecular flexibility index (Phi) is 2.85. The maximum absolute atomic E-state index is 12.0. The van der Waals surface area contributed by atoms with Gasteiger partial charge >= 0.3 is 11.4 Å². The monoisotopic (exact) mass is 363 g/mol. The third-order valence-electron chi connectivity index (χ3n) is 3.33. The molecule has 0 spiro atoms. The summed E-state index contributed by atoms with van der Waals surface area (Å²) < 4.78 is 132. The molecule has 1 aromatic rings. The molecule has 1 saturated carbocycles. The molecule has 0 radical (unpaired) electrons. The molecule has 132 valence electrons. The van der Waals surface area contributed by atoms with Gasteiger partial charge in [0.15, 0.2) is 0 Å². The van der Waals surface area contributed by atoms with Crippen molar-refractivity contribution in [2.45, 2.75) is 63.9 Å². The molecular formula is C19H26O4S. The molecule has 1 aliphatic rings. The van der Waals surface area contributed by atoms with Crippen LogP contribution in [0.4, 0.5) is 0 Å². The first-order valence-electron chi connectivity index (χ1n) is 13.8. The van der Waals surface area contributed by atoms with Gasteiger partial charge in [0.1, 0.15) is 24.6 Å². The molecular weight excluding hydrogens is 324 g/mol. The number of hydrogen-bond acceptors (Lipinski definition) is 4. The lowest BCUT2D eigenvalue weighted by molar-refractivity contribution is 0.0239. The first kappa shape index (κ1) is 7.90. The van der Waals surface area contributed by atoms with Gasteiger partial charge in [-0.25, -0.2) is 0 Å². The van der Waals surface area contributed by atoms with Crippen molar-refractivity contribution in [2.24, 2.45) is 0 Å². The third-order valence-corrected chi connectivity index (χ3v) is 4.04. The summed E-state index contributed by atoms with van der Waals surface area (Å²) in [5.41, 5.74) is -5.01. The summed E-state index contributed by atoms with van der Waals surface area (Å²) in [6, 6.07) is -4.28. The smallest absolute Gasteiger partial charge is 0.305 e. The molecule has 4 nitrogen and oxygen atoms in total. The van der Waals surface area contributed by atoms with E-state index in [1.165, 1.54) is 0 Å². The molecule has 3 unspecified atom stereocenters. The number of rotatable bonds is 6. The van der Waals surface area contributed by atoms with Crippen LogP contribution in [0.5, 0.6) is 5.75 Å². The van der Waals surface area contributed by atoms with Crippen molar-refractivity contribution in [2.75, 3.05) is 6.61 Å². The zero-order valence-electron chi connectivity index (χ0n) is 25.8. The van der Waals surface area contributed by atoms with Crippen LogP contribution in [0.25, 0.3) is 0 Å². The second-order valence-corrected chi connectivity index (χ2v) is 6.04. The Morgan fingerprint density at radius 3 is 2.58 bits per heavy atom. The van der Waals surface area contributed by atoms with Crippen LogP contribution in [0.2, 0.25) is 0 Å². The van der Waals surface area contributed by atoms with E-state index in [1.807, 2.05) is 0 Å². The zero-order valence-corrected chi connectivity index (χ0v) is 13.6. The molecule has 3 atom stereocenters. The molecule has 0 N–H and O–H groups in total. The summed E-state index contributed by atoms with van der Waals surface area (Å²) in [4.78, 5) is 0. The summed E-state index contributed by atoms with van der Waals surface area (Å²) in [5, 5.41) is 0. The summed E-state index contributed by atoms with van der Waals surface area (Å²) in [7, 11) is 0. The van der Waals surface area contributed by atoms with Crippen LogP contribution in [0.3, 0.4) is 0 Å². The molecule has 24 heavy (non-hydrogen) atoms. The van der Waals surface area contributed by atoms with E-state index in [2.05, 4.69) is 5.92 Å². The van der Waals surface area contributed by atoms with Gasteiger partial charge < -0.3 is 4.74 Å². The molecule has 1 fully saturated rings. The maximum Gasteiger partial charge on any atom is 0.305 e.